The van der Waals surface area contributed by atoms with Crippen LogP contribution in [0.4, 0.5) is 5.69 Å². The number of hydrogen-bond acceptors (Lipinski definition) is 5. The second-order valence-corrected chi connectivity index (χ2v) is 5.30. The number of ether oxygens (including phenoxy) is 2. The van der Waals surface area contributed by atoms with E-state index in [0.29, 0.717) is 30.2 Å². The molecule has 6 nitrogen and oxygen atoms in total. The van der Waals surface area contributed by atoms with Gasteiger partial charge in [0.2, 0.25) is 5.91 Å². The first-order chi connectivity index (χ1) is 12.0. The average molecular weight is 343 g/mol. The number of benzene rings is 1. The minimum Gasteiger partial charge on any atom is -0.494 e. The van der Waals surface area contributed by atoms with Crippen molar-refractivity contribution in [3.63, 3.8) is 0 Å². The highest BCUT2D eigenvalue weighted by Crippen LogP contribution is 2.23. The van der Waals surface area contributed by atoms with Crippen molar-refractivity contribution in [2.75, 3.05) is 11.5 Å². The Bertz CT molecular complexity index is 731. The minimum atomic E-state index is -0.746. The summed E-state index contributed by atoms with van der Waals surface area (Å²) in [6.45, 7) is 5.91. The Morgan fingerprint density at radius 2 is 1.84 bits per heavy atom. The van der Waals surface area contributed by atoms with E-state index in [-0.39, 0.29) is 17.9 Å². The van der Waals surface area contributed by atoms with Gasteiger partial charge in [0.15, 0.2) is 5.78 Å². The number of ketones is 1. The van der Waals surface area contributed by atoms with E-state index in [0.717, 1.165) is 0 Å². The Hall–Kier alpha value is -2.89. The lowest BCUT2D eigenvalue weighted by Crippen LogP contribution is -2.29. The zero-order chi connectivity index (χ0) is 18.4. The number of hydrogen-bond donors (Lipinski definition) is 0. The first-order valence-electron chi connectivity index (χ1n) is 8.23. The number of esters is 1. The van der Waals surface area contributed by atoms with Crippen molar-refractivity contribution < 1.29 is 23.9 Å². The van der Waals surface area contributed by atoms with Crippen LogP contribution >= 0.6 is 0 Å². The fraction of sp³-hybridized carbons (Fsp3) is 0.316. The lowest BCUT2D eigenvalue weighted by atomic mass is 10.1. The molecule has 132 valence electrons. The Balaban J connectivity index is 2.38. The van der Waals surface area contributed by atoms with Crippen molar-refractivity contribution >= 4 is 23.3 Å². The Morgan fingerprint density at radius 3 is 2.36 bits per heavy atom. The van der Waals surface area contributed by atoms with E-state index in [1.165, 1.54) is 17.2 Å². The van der Waals surface area contributed by atoms with Gasteiger partial charge in [0.25, 0.3) is 0 Å². The van der Waals surface area contributed by atoms with Gasteiger partial charge in [0.05, 0.1) is 6.61 Å². The molecule has 1 aromatic carbocycles. The summed E-state index contributed by atoms with van der Waals surface area (Å²) in [5.41, 5.74) is 0.363. The zero-order valence-electron chi connectivity index (χ0n) is 14.6. The van der Waals surface area contributed by atoms with Gasteiger partial charge in [0.1, 0.15) is 17.1 Å². The molecule has 2 rings (SSSR count). The third kappa shape index (κ3) is 4.35. The molecule has 0 fully saturated rings. The maximum Gasteiger partial charge on any atom is 0.348 e. The summed E-state index contributed by atoms with van der Waals surface area (Å²) in [4.78, 5) is 37.9. The lowest BCUT2D eigenvalue weighted by Gasteiger charge is -2.21. The van der Waals surface area contributed by atoms with Gasteiger partial charge >= 0.3 is 5.97 Å². The second-order valence-electron chi connectivity index (χ2n) is 5.30. The number of nitrogens with zero attached hydrogens (tertiary/aromatic N) is 1. The highest BCUT2D eigenvalue weighted by molar-refractivity contribution is 6.24. The SMILES string of the molecule is CCOc1ccc(N(C=C2C(=O)C=C(CC)OC2=O)C(=O)CC)cc1. The molecule has 25 heavy (non-hydrogen) atoms. The zero-order valence-corrected chi connectivity index (χ0v) is 14.6. The molecule has 0 atom stereocenters. The first kappa shape index (κ1) is 18.4. The molecule has 0 saturated heterocycles. The van der Waals surface area contributed by atoms with Crippen LogP contribution in [0, 0.1) is 0 Å². The molecular weight excluding hydrogens is 322 g/mol. The quantitative estimate of drug-likeness (QED) is 0.451. The van der Waals surface area contributed by atoms with E-state index in [1.54, 1.807) is 38.1 Å². The van der Waals surface area contributed by atoms with Crippen LogP contribution in [0.1, 0.15) is 33.6 Å². The highest BCUT2D eigenvalue weighted by atomic mass is 16.5. The minimum absolute atomic E-state index is 0.173. The van der Waals surface area contributed by atoms with E-state index in [1.807, 2.05) is 6.92 Å². The van der Waals surface area contributed by atoms with Crippen LogP contribution in [0.3, 0.4) is 0 Å². The van der Waals surface area contributed by atoms with Crippen molar-refractivity contribution in [2.45, 2.75) is 33.6 Å². The van der Waals surface area contributed by atoms with Gasteiger partial charge in [0, 0.05) is 30.8 Å². The molecule has 1 aliphatic rings. The van der Waals surface area contributed by atoms with Crippen molar-refractivity contribution in [3.8, 4) is 5.75 Å². The third-order valence-electron chi connectivity index (χ3n) is 3.60. The third-order valence-corrected chi connectivity index (χ3v) is 3.60. The highest BCUT2D eigenvalue weighted by Gasteiger charge is 2.27. The molecule has 1 amide bonds. The molecule has 0 spiro atoms. The fourth-order valence-corrected chi connectivity index (χ4v) is 2.28. The van der Waals surface area contributed by atoms with Gasteiger partial charge in [-0.1, -0.05) is 13.8 Å². The predicted molar refractivity (Wildman–Crippen MR) is 92.9 cm³/mol. The van der Waals surface area contributed by atoms with Crippen LogP contribution in [0.15, 0.2) is 47.9 Å². The Morgan fingerprint density at radius 1 is 1.16 bits per heavy atom. The molecule has 0 unspecified atom stereocenters. The van der Waals surface area contributed by atoms with Gasteiger partial charge in [-0.05, 0) is 31.2 Å². The molecule has 0 N–H and O–H groups in total. The summed E-state index contributed by atoms with van der Waals surface area (Å²) in [6, 6.07) is 6.84. The van der Waals surface area contributed by atoms with Gasteiger partial charge in [-0.3, -0.25) is 14.5 Å². The monoisotopic (exact) mass is 343 g/mol. The second kappa shape index (κ2) is 8.28. The standard InChI is InChI=1S/C19H21NO5/c1-4-14-11-17(21)16(19(23)25-14)12-20(18(22)5-2)13-7-9-15(10-8-13)24-6-3/h7-12H,4-6H2,1-3H3. The van der Waals surface area contributed by atoms with Crippen LogP contribution in [0.25, 0.3) is 0 Å². The van der Waals surface area contributed by atoms with Crippen LogP contribution in [-0.2, 0) is 19.1 Å². The maximum atomic E-state index is 12.3. The van der Waals surface area contributed by atoms with Crippen LogP contribution < -0.4 is 9.64 Å². The maximum absolute atomic E-state index is 12.3. The normalized spacial score (nSPS) is 15.6. The molecule has 1 aromatic rings. The van der Waals surface area contributed by atoms with E-state index >= 15 is 0 Å². The number of cyclic esters (lactones) is 1. The number of carbonyl (C=O) groups excluding carboxylic acids is 3. The average Bonchev–Trinajstić information content (AvgIpc) is 2.61. The number of allylic oxidation sites excluding steroid dienone is 2. The molecule has 0 bridgehead atoms. The number of anilines is 1. The fourth-order valence-electron chi connectivity index (χ4n) is 2.28. The van der Waals surface area contributed by atoms with E-state index in [2.05, 4.69) is 0 Å². The number of amides is 1. The molecule has 0 radical (unpaired) electrons. The molecule has 0 aromatic heterocycles. The number of rotatable bonds is 6. The summed E-state index contributed by atoms with van der Waals surface area (Å²) < 4.78 is 10.5. The lowest BCUT2D eigenvalue weighted by molar-refractivity contribution is -0.137. The summed E-state index contributed by atoms with van der Waals surface area (Å²) >= 11 is 0. The van der Waals surface area contributed by atoms with Crippen molar-refractivity contribution in [1.29, 1.82) is 0 Å². The summed E-state index contributed by atoms with van der Waals surface area (Å²) in [7, 11) is 0. The van der Waals surface area contributed by atoms with E-state index < -0.39 is 11.8 Å². The van der Waals surface area contributed by atoms with Crippen molar-refractivity contribution in [2.24, 2.45) is 0 Å². The van der Waals surface area contributed by atoms with Crippen molar-refractivity contribution in [3.05, 3.63) is 47.9 Å². The van der Waals surface area contributed by atoms with Gasteiger partial charge in [-0.15, -0.1) is 0 Å². The van der Waals surface area contributed by atoms with Gasteiger partial charge in [-0.2, -0.15) is 0 Å². The van der Waals surface area contributed by atoms with Crippen molar-refractivity contribution in [1.82, 2.24) is 0 Å². The number of carbonyl (C=O) groups is 3. The first-order valence-corrected chi connectivity index (χ1v) is 8.23. The van der Waals surface area contributed by atoms with E-state index in [4.69, 9.17) is 9.47 Å². The largest absolute Gasteiger partial charge is 0.494 e. The smallest absolute Gasteiger partial charge is 0.348 e. The molecular formula is C19H21NO5. The molecule has 0 aliphatic carbocycles. The molecule has 6 heteroatoms. The van der Waals surface area contributed by atoms with Crippen LogP contribution in [0.5, 0.6) is 5.75 Å². The predicted octanol–water partition coefficient (Wildman–Crippen LogP) is 3.13. The molecule has 1 aliphatic heterocycles. The van der Waals surface area contributed by atoms with E-state index in [9.17, 15) is 14.4 Å². The summed E-state index contributed by atoms with van der Waals surface area (Å²) in [5.74, 6) is -0.465. The van der Waals surface area contributed by atoms with Gasteiger partial charge < -0.3 is 9.47 Å². The summed E-state index contributed by atoms with van der Waals surface area (Å²) in [6.07, 6.45) is 3.19. The Kier molecular flexibility index (Phi) is 6.11. The summed E-state index contributed by atoms with van der Waals surface area (Å²) in [5, 5.41) is 0. The van der Waals surface area contributed by atoms with Gasteiger partial charge in [-0.25, -0.2) is 4.79 Å². The molecule has 1 heterocycles. The molecule has 0 saturated carbocycles. The van der Waals surface area contributed by atoms with Crippen LogP contribution in [-0.4, -0.2) is 24.3 Å². The Labute approximate surface area is 146 Å². The topological polar surface area (TPSA) is 72.9 Å². The van der Waals surface area contributed by atoms with Crippen LogP contribution in [0.2, 0.25) is 0 Å².